The van der Waals surface area contributed by atoms with Crippen molar-refractivity contribution in [2.24, 2.45) is 0 Å². The van der Waals surface area contributed by atoms with Crippen LogP contribution in [-0.2, 0) is 16.1 Å². The summed E-state index contributed by atoms with van der Waals surface area (Å²) in [4.78, 5) is 16.5. The number of methoxy groups -OCH3 is 1. The second-order valence-electron chi connectivity index (χ2n) is 6.76. The van der Waals surface area contributed by atoms with Gasteiger partial charge in [0.2, 0.25) is 6.79 Å². The van der Waals surface area contributed by atoms with Crippen LogP contribution >= 0.6 is 0 Å². The summed E-state index contributed by atoms with van der Waals surface area (Å²) >= 11 is 0. The quantitative estimate of drug-likeness (QED) is 0.407. The van der Waals surface area contributed by atoms with Crippen LogP contribution in [0.25, 0.3) is 0 Å². The van der Waals surface area contributed by atoms with Crippen LogP contribution < -0.4 is 14.8 Å². The number of nitrogens with zero attached hydrogens (tertiary/aromatic N) is 3. The van der Waals surface area contributed by atoms with Gasteiger partial charge in [0.25, 0.3) is 5.91 Å². The number of fused-ring (bicyclic) bond motifs is 1. The van der Waals surface area contributed by atoms with Gasteiger partial charge in [-0.1, -0.05) is 6.07 Å². The zero-order valence-corrected chi connectivity index (χ0v) is 16.1. The first kappa shape index (κ1) is 20.0. The molecule has 0 saturated carbocycles. The Bertz CT molecular complexity index is 751. The average molecular weight is 386 g/mol. The molecular formula is C20H26N4O4. The number of carbonyl (C=O) groups is 1. The van der Waals surface area contributed by atoms with Gasteiger partial charge in [-0.05, 0) is 24.1 Å². The Labute approximate surface area is 165 Å². The predicted octanol–water partition coefficient (Wildman–Crippen LogP) is 1.09. The van der Waals surface area contributed by atoms with Gasteiger partial charge >= 0.3 is 0 Å². The molecule has 1 aromatic carbocycles. The zero-order valence-electron chi connectivity index (χ0n) is 16.1. The summed E-state index contributed by atoms with van der Waals surface area (Å²) in [5.74, 6) is 1.26. The van der Waals surface area contributed by atoms with Crippen molar-refractivity contribution in [3.63, 3.8) is 0 Å². The van der Waals surface area contributed by atoms with Crippen molar-refractivity contribution < 1.29 is 19.0 Å². The number of piperazine rings is 1. The van der Waals surface area contributed by atoms with Gasteiger partial charge in [-0.15, -0.1) is 0 Å². The molecule has 0 aromatic heterocycles. The second kappa shape index (κ2) is 9.97. The van der Waals surface area contributed by atoms with E-state index >= 15 is 0 Å². The fourth-order valence-corrected chi connectivity index (χ4v) is 3.18. The average Bonchev–Trinajstić information content (AvgIpc) is 3.18. The molecule has 28 heavy (non-hydrogen) atoms. The molecule has 0 spiro atoms. The Morgan fingerprint density at radius 2 is 2.07 bits per heavy atom. The number of nitrogens with one attached hydrogen (secondary N) is 1. The third-order valence-electron chi connectivity index (χ3n) is 4.74. The first-order chi connectivity index (χ1) is 13.7. The number of amides is 1. The Kier molecular flexibility index (Phi) is 7.12. The second-order valence-corrected chi connectivity index (χ2v) is 6.76. The summed E-state index contributed by atoms with van der Waals surface area (Å²) in [5.41, 5.74) is 1.32. The highest BCUT2D eigenvalue weighted by molar-refractivity contribution is 5.97. The maximum atomic E-state index is 12.1. The molecule has 0 atom stereocenters. The van der Waals surface area contributed by atoms with E-state index in [1.54, 1.807) is 13.3 Å². The van der Waals surface area contributed by atoms with Gasteiger partial charge in [0.1, 0.15) is 11.6 Å². The number of nitriles is 1. The van der Waals surface area contributed by atoms with Crippen molar-refractivity contribution in [1.29, 1.82) is 5.26 Å². The highest BCUT2D eigenvalue weighted by Gasteiger charge is 2.19. The highest BCUT2D eigenvalue weighted by Crippen LogP contribution is 2.32. The van der Waals surface area contributed by atoms with Gasteiger partial charge in [-0.2, -0.15) is 5.26 Å². The summed E-state index contributed by atoms with van der Waals surface area (Å²) in [6.45, 7) is 5.45. The lowest BCUT2D eigenvalue weighted by molar-refractivity contribution is -0.117. The third-order valence-corrected chi connectivity index (χ3v) is 4.74. The number of carbonyl (C=O) groups excluding carboxylic acids is 1. The van der Waals surface area contributed by atoms with Crippen LogP contribution in [0.5, 0.6) is 11.5 Å². The molecule has 2 heterocycles. The minimum Gasteiger partial charge on any atom is -0.454 e. The van der Waals surface area contributed by atoms with E-state index in [2.05, 4.69) is 16.3 Å². The van der Waals surface area contributed by atoms with Crippen molar-refractivity contribution >= 4 is 5.91 Å². The minimum absolute atomic E-state index is 0.140. The lowest BCUT2D eigenvalue weighted by Gasteiger charge is -2.34. The number of hydrogen-bond acceptors (Lipinski definition) is 7. The molecular weight excluding hydrogens is 360 g/mol. The fraction of sp³-hybridized carbons (Fsp3) is 0.500. The molecule has 2 aliphatic heterocycles. The Morgan fingerprint density at radius 3 is 2.82 bits per heavy atom. The number of ether oxygens (including phenoxy) is 3. The highest BCUT2D eigenvalue weighted by atomic mass is 16.7. The monoisotopic (exact) mass is 386 g/mol. The first-order valence-electron chi connectivity index (χ1n) is 9.43. The van der Waals surface area contributed by atoms with Crippen LogP contribution in [0.15, 0.2) is 30.0 Å². The van der Waals surface area contributed by atoms with Crippen molar-refractivity contribution in [2.75, 3.05) is 53.2 Å². The van der Waals surface area contributed by atoms with Crippen molar-refractivity contribution in [3.8, 4) is 17.6 Å². The predicted molar refractivity (Wildman–Crippen MR) is 103 cm³/mol. The lowest BCUT2D eigenvalue weighted by atomic mass is 10.1. The van der Waals surface area contributed by atoms with Crippen LogP contribution in [0, 0.1) is 11.3 Å². The van der Waals surface area contributed by atoms with E-state index in [9.17, 15) is 10.1 Å². The number of benzene rings is 1. The summed E-state index contributed by atoms with van der Waals surface area (Å²) in [5, 5.41) is 12.0. The Hall–Kier alpha value is -2.76. The van der Waals surface area contributed by atoms with Gasteiger partial charge in [-0.3, -0.25) is 9.69 Å². The SMILES string of the molecule is COCCCNC(=O)/C(C#N)=C\N1CCN(Cc2ccc3c(c2)OCO3)CC1. The molecule has 1 fully saturated rings. The lowest BCUT2D eigenvalue weighted by Crippen LogP contribution is -2.44. The van der Waals surface area contributed by atoms with Gasteiger partial charge in [0.15, 0.2) is 11.5 Å². The summed E-state index contributed by atoms with van der Waals surface area (Å²) in [6, 6.07) is 8.03. The van der Waals surface area contributed by atoms with E-state index in [0.29, 0.717) is 13.2 Å². The molecule has 0 radical (unpaired) electrons. The maximum absolute atomic E-state index is 12.1. The molecule has 0 aliphatic carbocycles. The van der Waals surface area contributed by atoms with E-state index < -0.39 is 0 Å². The largest absolute Gasteiger partial charge is 0.454 e. The Morgan fingerprint density at radius 1 is 1.29 bits per heavy atom. The van der Waals surface area contributed by atoms with E-state index in [1.807, 2.05) is 23.1 Å². The molecule has 3 rings (SSSR count). The first-order valence-corrected chi connectivity index (χ1v) is 9.43. The smallest absolute Gasteiger partial charge is 0.263 e. The van der Waals surface area contributed by atoms with Gasteiger partial charge < -0.3 is 24.4 Å². The van der Waals surface area contributed by atoms with Crippen molar-refractivity contribution in [3.05, 3.63) is 35.5 Å². The normalized spacial score (nSPS) is 16.7. The number of rotatable bonds is 8. The van der Waals surface area contributed by atoms with Crippen LogP contribution in [0.3, 0.4) is 0 Å². The molecule has 8 heteroatoms. The number of hydrogen-bond donors (Lipinski definition) is 1. The van der Waals surface area contributed by atoms with Gasteiger partial charge in [-0.25, -0.2) is 0 Å². The van der Waals surface area contributed by atoms with E-state index in [-0.39, 0.29) is 18.3 Å². The third kappa shape index (κ3) is 5.38. The zero-order chi connectivity index (χ0) is 19.8. The van der Waals surface area contributed by atoms with E-state index in [0.717, 1.165) is 50.6 Å². The summed E-state index contributed by atoms with van der Waals surface area (Å²) in [6.07, 6.45) is 2.39. The van der Waals surface area contributed by atoms with Crippen LogP contribution in [0.2, 0.25) is 0 Å². The van der Waals surface area contributed by atoms with Crippen LogP contribution in [-0.4, -0.2) is 68.9 Å². The maximum Gasteiger partial charge on any atom is 0.263 e. The summed E-state index contributed by atoms with van der Waals surface area (Å²) in [7, 11) is 1.62. The topological polar surface area (TPSA) is 87.1 Å². The molecule has 1 amide bonds. The molecule has 0 unspecified atom stereocenters. The van der Waals surface area contributed by atoms with Crippen LogP contribution in [0.4, 0.5) is 0 Å². The molecule has 8 nitrogen and oxygen atoms in total. The summed E-state index contributed by atoms with van der Waals surface area (Å²) < 4.78 is 15.7. The molecule has 1 saturated heterocycles. The van der Waals surface area contributed by atoms with Crippen molar-refractivity contribution in [2.45, 2.75) is 13.0 Å². The van der Waals surface area contributed by atoms with Crippen LogP contribution in [0.1, 0.15) is 12.0 Å². The minimum atomic E-state index is -0.332. The standard InChI is InChI=1S/C20H26N4O4/c1-26-10-2-5-22-20(25)17(12-21)14-24-8-6-23(7-9-24)13-16-3-4-18-19(11-16)28-15-27-18/h3-4,11,14H,2,5-10,13,15H2,1H3,(H,22,25)/b17-14-. The van der Waals surface area contributed by atoms with E-state index in [1.165, 1.54) is 5.56 Å². The molecule has 2 aliphatic rings. The van der Waals surface area contributed by atoms with Gasteiger partial charge in [0.05, 0.1) is 0 Å². The Balaban J connectivity index is 1.46. The molecule has 0 bridgehead atoms. The van der Waals surface area contributed by atoms with Gasteiger partial charge in [0, 0.05) is 59.2 Å². The molecule has 1 N–H and O–H groups in total. The molecule has 150 valence electrons. The molecule has 1 aromatic rings. The van der Waals surface area contributed by atoms with E-state index in [4.69, 9.17) is 14.2 Å². The fourth-order valence-electron chi connectivity index (χ4n) is 3.18. The van der Waals surface area contributed by atoms with Crippen molar-refractivity contribution in [1.82, 2.24) is 15.1 Å².